The average Bonchev–Trinajstić information content (AvgIpc) is 2.16. The predicted octanol–water partition coefficient (Wildman–Crippen LogP) is 2.85. The van der Waals surface area contributed by atoms with Gasteiger partial charge in [0.25, 0.3) is 6.43 Å². The number of alkyl halides is 3. The first-order chi connectivity index (χ1) is 6.60. The van der Waals surface area contributed by atoms with Gasteiger partial charge in [-0.2, -0.15) is 0 Å². The van der Waals surface area contributed by atoms with Crippen LogP contribution in [0.5, 0.6) is 0 Å². The summed E-state index contributed by atoms with van der Waals surface area (Å²) in [5.41, 5.74) is 0.508. The number of halogens is 4. The van der Waals surface area contributed by atoms with E-state index in [2.05, 4.69) is 4.98 Å². The fourth-order valence-corrected chi connectivity index (χ4v) is 2.34. The summed E-state index contributed by atoms with van der Waals surface area (Å²) < 4.78 is 25.2. The van der Waals surface area contributed by atoms with Crippen molar-refractivity contribution in [3.63, 3.8) is 0 Å². The number of nitrogens with zero attached hydrogens (tertiary/aromatic N) is 1. The summed E-state index contributed by atoms with van der Waals surface area (Å²) >= 11 is 7.50. The molecule has 14 heavy (non-hydrogen) atoms. The number of aromatic nitrogens is 1. The maximum absolute atomic E-state index is 12.3. The molecule has 0 atom stereocenters. The quantitative estimate of drug-likeness (QED) is 0.681. The summed E-state index contributed by atoms with van der Waals surface area (Å²) in [4.78, 5) is 3.63. The molecule has 0 saturated heterocycles. The van der Waals surface area contributed by atoms with Gasteiger partial charge in [-0.1, -0.05) is 0 Å². The van der Waals surface area contributed by atoms with Crippen LogP contribution in [0.1, 0.15) is 23.4 Å². The van der Waals surface area contributed by atoms with Gasteiger partial charge in [0.1, 0.15) is 5.69 Å². The summed E-state index contributed by atoms with van der Waals surface area (Å²) in [7, 11) is 0. The lowest BCUT2D eigenvalue weighted by atomic mass is 10.2. The summed E-state index contributed by atoms with van der Waals surface area (Å²) in [5, 5.41) is 8.91. The summed E-state index contributed by atoms with van der Waals surface area (Å²) in [6.07, 6.45) is -2.63. The van der Waals surface area contributed by atoms with E-state index in [4.69, 9.17) is 16.7 Å². The molecule has 0 unspecified atom stereocenters. The maximum Gasteiger partial charge on any atom is 0.280 e. The lowest BCUT2D eigenvalue weighted by molar-refractivity contribution is 0.145. The van der Waals surface area contributed by atoms with Gasteiger partial charge in [-0.25, -0.2) is 13.8 Å². The topological polar surface area (TPSA) is 33.1 Å². The molecule has 0 fully saturated rings. The van der Waals surface area contributed by atoms with Crippen LogP contribution in [-0.4, -0.2) is 10.1 Å². The Morgan fingerprint density at radius 1 is 1.57 bits per heavy atom. The Bertz CT molecular complexity index is 335. The third-order valence-electron chi connectivity index (χ3n) is 1.68. The molecule has 0 aliphatic heterocycles. The highest BCUT2D eigenvalue weighted by Crippen LogP contribution is 2.24. The zero-order chi connectivity index (χ0) is 10.7. The highest BCUT2D eigenvalue weighted by atomic mass is 127. The Morgan fingerprint density at radius 2 is 2.21 bits per heavy atom. The van der Waals surface area contributed by atoms with Crippen LogP contribution in [0.4, 0.5) is 8.78 Å². The van der Waals surface area contributed by atoms with Crippen LogP contribution in [0, 0.1) is 3.57 Å². The van der Waals surface area contributed by atoms with Crippen molar-refractivity contribution in [2.45, 2.75) is 18.9 Å². The molecule has 0 bridgehead atoms. The second-order valence-corrected chi connectivity index (χ2v) is 3.98. The molecule has 1 heterocycles. The molecular weight excluding hydrogens is 326 g/mol. The van der Waals surface area contributed by atoms with Gasteiger partial charge in [-0.05, 0) is 28.7 Å². The van der Waals surface area contributed by atoms with Gasteiger partial charge >= 0.3 is 0 Å². The molecule has 78 valence electrons. The van der Waals surface area contributed by atoms with E-state index in [1.165, 1.54) is 6.07 Å². The summed E-state index contributed by atoms with van der Waals surface area (Å²) in [6.45, 7) is -0.376. The van der Waals surface area contributed by atoms with Crippen molar-refractivity contribution in [3.05, 3.63) is 26.6 Å². The smallest absolute Gasteiger partial charge is 0.280 e. The summed E-state index contributed by atoms with van der Waals surface area (Å²) in [5.74, 6) is 0.157. The van der Waals surface area contributed by atoms with Crippen molar-refractivity contribution in [3.8, 4) is 0 Å². The van der Waals surface area contributed by atoms with E-state index in [-0.39, 0.29) is 23.9 Å². The summed E-state index contributed by atoms with van der Waals surface area (Å²) in [6, 6.07) is 1.28. The first-order valence-electron chi connectivity index (χ1n) is 3.73. The molecule has 6 heteroatoms. The monoisotopic (exact) mass is 333 g/mol. The molecular formula is C8H7ClF2INO. The molecule has 0 aliphatic rings. The van der Waals surface area contributed by atoms with Crippen molar-refractivity contribution >= 4 is 34.2 Å². The number of pyridine rings is 1. The predicted molar refractivity (Wildman–Crippen MR) is 57.4 cm³/mol. The van der Waals surface area contributed by atoms with E-state index in [0.29, 0.717) is 9.13 Å². The number of aliphatic hydroxyl groups excluding tert-OH is 1. The molecule has 2 nitrogen and oxygen atoms in total. The minimum Gasteiger partial charge on any atom is -0.390 e. The van der Waals surface area contributed by atoms with E-state index >= 15 is 0 Å². The van der Waals surface area contributed by atoms with Gasteiger partial charge in [-0.3, -0.25) is 0 Å². The standard InChI is InChI=1S/C8H7ClF2INO/c9-2-4-5(12)1-6(8(10)11)13-7(4)3-14/h1,8,14H,2-3H2. The Balaban J connectivity index is 3.24. The molecule has 1 aromatic rings. The van der Waals surface area contributed by atoms with E-state index in [1.54, 1.807) is 0 Å². The first kappa shape index (κ1) is 12.1. The molecule has 0 aromatic carbocycles. The number of hydrogen-bond donors (Lipinski definition) is 1. The molecule has 0 amide bonds. The number of aliphatic hydroxyl groups is 1. The fraction of sp³-hybridized carbons (Fsp3) is 0.375. The number of rotatable bonds is 3. The fourth-order valence-electron chi connectivity index (χ4n) is 0.994. The Morgan fingerprint density at radius 3 is 2.64 bits per heavy atom. The van der Waals surface area contributed by atoms with Crippen LogP contribution in [0.25, 0.3) is 0 Å². The van der Waals surface area contributed by atoms with Crippen molar-refractivity contribution in [1.29, 1.82) is 0 Å². The highest BCUT2D eigenvalue weighted by molar-refractivity contribution is 14.1. The molecule has 0 radical (unpaired) electrons. The van der Waals surface area contributed by atoms with Crippen molar-refractivity contribution in [2.75, 3.05) is 0 Å². The molecule has 1 N–H and O–H groups in total. The molecule has 1 rings (SSSR count). The molecule has 0 spiro atoms. The van der Waals surface area contributed by atoms with Crippen molar-refractivity contribution in [1.82, 2.24) is 4.98 Å². The van der Waals surface area contributed by atoms with Gasteiger partial charge in [0, 0.05) is 9.13 Å². The van der Waals surface area contributed by atoms with Gasteiger partial charge in [0.2, 0.25) is 0 Å². The van der Waals surface area contributed by atoms with Gasteiger partial charge in [-0.15, -0.1) is 11.6 Å². The van der Waals surface area contributed by atoms with Crippen molar-refractivity contribution < 1.29 is 13.9 Å². The minimum absolute atomic E-state index is 0.157. The molecule has 1 aromatic heterocycles. The van der Waals surface area contributed by atoms with E-state index < -0.39 is 6.43 Å². The zero-order valence-corrected chi connectivity index (χ0v) is 9.89. The second kappa shape index (κ2) is 5.18. The average molecular weight is 334 g/mol. The van der Waals surface area contributed by atoms with Crippen LogP contribution in [0.3, 0.4) is 0 Å². The van der Waals surface area contributed by atoms with Crippen molar-refractivity contribution in [2.24, 2.45) is 0 Å². The van der Waals surface area contributed by atoms with Crippen LogP contribution >= 0.6 is 34.2 Å². The van der Waals surface area contributed by atoms with E-state index in [1.807, 2.05) is 22.6 Å². The first-order valence-corrected chi connectivity index (χ1v) is 5.34. The van der Waals surface area contributed by atoms with Crippen LogP contribution < -0.4 is 0 Å². The third-order valence-corrected chi connectivity index (χ3v) is 2.91. The number of hydrogen-bond acceptors (Lipinski definition) is 2. The lowest BCUT2D eigenvalue weighted by Crippen LogP contribution is -2.03. The van der Waals surface area contributed by atoms with Gasteiger partial charge in [0.05, 0.1) is 18.2 Å². The Kier molecular flexibility index (Phi) is 4.46. The van der Waals surface area contributed by atoms with Crippen LogP contribution in [0.2, 0.25) is 0 Å². The SMILES string of the molecule is OCc1nc(C(F)F)cc(I)c1CCl. The van der Waals surface area contributed by atoms with E-state index in [0.717, 1.165) is 0 Å². The maximum atomic E-state index is 12.3. The van der Waals surface area contributed by atoms with Crippen LogP contribution in [0.15, 0.2) is 6.07 Å². The minimum atomic E-state index is -2.63. The largest absolute Gasteiger partial charge is 0.390 e. The molecule has 0 saturated carbocycles. The molecule has 0 aliphatic carbocycles. The Hall–Kier alpha value is -0.0100. The Labute approximate surface area is 98.4 Å². The van der Waals surface area contributed by atoms with Gasteiger partial charge in [0.15, 0.2) is 0 Å². The zero-order valence-electron chi connectivity index (χ0n) is 6.98. The van der Waals surface area contributed by atoms with Gasteiger partial charge < -0.3 is 5.11 Å². The normalized spacial score (nSPS) is 11.0. The van der Waals surface area contributed by atoms with E-state index in [9.17, 15) is 8.78 Å². The lowest BCUT2D eigenvalue weighted by Gasteiger charge is -2.08. The van der Waals surface area contributed by atoms with Crippen LogP contribution in [-0.2, 0) is 12.5 Å². The third kappa shape index (κ3) is 2.52. The highest BCUT2D eigenvalue weighted by Gasteiger charge is 2.15. The second-order valence-electron chi connectivity index (χ2n) is 2.55.